The first-order chi connectivity index (χ1) is 6.36. The molecule has 7 heteroatoms. The van der Waals surface area contributed by atoms with Crippen LogP contribution >= 0.6 is 0 Å². The van der Waals surface area contributed by atoms with Gasteiger partial charge in [0.2, 0.25) is 0 Å². The van der Waals surface area contributed by atoms with E-state index in [4.69, 9.17) is 5.11 Å². The van der Waals surface area contributed by atoms with Gasteiger partial charge in [-0.15, -0.1) is 0 Å². The van der Waals surface area contributed by atoms with Gasteiger partial charge in [0.25, 0.3) is 0 Å². The SMILES string of the molecule is CS(=O)CCCNCC(F)(F)C(=O)O. The zero-order chi connectivity index (χ0) is 11.2. The van der Waals surface area contributed by atoms with E-state index < -0.39 is 29.2 Å². The van der Waals surface area contributed by atoms with Crippen LogP contribution in [0.1, 0.15) is 6.42 Å². The summed E-state index contributed by atoms with van der Waals surface area (Å²) >= 11 is 0. The van der Waals surface area contributed by atoms with Gasteiger partial charge in [-0.25, -0.2) is 4.79 Å². The van der Waals surface area contributed by atoms with Gasteiger partial charge in [0.1, 0.15) is 0 Å². The summed E-state index contributed by atoms with van der Waals surface area (Å²) in [4.78, 5) is 9.95. The van der Waals surface area contributed by atoms with Gasteiger partial charge in [0.15, 0.2) is 0 Å². The van der Waals surface area contributed by atoms with Crippen LogP contribution in [0.3, 0.4) is 0 Å². The van der Waals surface area contributed by atoms with E-state index in [0.717, 1.165) is 0 Å². The molecule has 1 unspecified atom stereocenters. The molecule has 0 spiro atoms. The van der Waals surface area contributed by atoms with Crippen molar-refractivity contribution >= 4 is 16.8 Å². The van der Waals surface area contributed by atoms with E-state index >= 15 is 0 Å². The molecule has 0 amide bonds. The number of hydrogen-bond donors (Lipinski definition) is 2. The van der Waals surface area contributed by atoms with Gasteiger partial charge in [-0.3, -0.25) is 4.21 Å². The number of alkyl halides is 2. The summed E-state index contributed by atoms with van der Waals surface area (Å²) < 4.78 is 35.4. The van der Waals surface area contributed by atoms with Crippen molar-refractivity contribution in [3.63, 3.8) is 0 Å². The molecule has 0 aromatic carbocycles. The fourth-order valence-corrected chi connectivity index (χ4v) is 1.27. The second-order valence-corrected chi connectivity index (χ2v) is 4.37. The van der Waals surface area contributed by atoms with E-state index in [1.807, 2.05) is 0 Å². The van der Waals surface area contributed by atoms with Crippen LogP contribution in [0.2, 0.25) is 0 Å². The van der Waals surface area contributed by atoms with Crippen LogP contribution in [0.4, 0.5) is 8.78 Å². The van der Waals surface area contributed by atoms with E-state index in [0.29, 0.717) is 12.2 Å². The number of carboxylic acid groups (broad SMARTS) is 1. The van der Waals surface area contributed by atoms with E-state index in [-0.39, 0.29) is 6.54 Å². The number of aliphatic carboxylic acids is 1. The Labute approximate surface area is 83.1 Å². The molecule has 0 fully saturated rings. The summed E-state index contributed by atoms with van der Waals surface area (Å²) in [5, 5.41) is 10.3. The zero-order valence-corrected chi connectivity index (χ0v) is 8.57. The van der Waals surface area contributed by atoms with Crippen molar-refractivity contribution in [1.29, 1.82) is 0 Å². The Morgan fingerprint density at radius 3 is 2.57 bits per heavy atom. The molecule has 0 aliphatic rings. The highest BCUT2D eigenvalue weighted by atomic mass is 32.2. The van der Waals surface area contributed by atoms with Crippen LogP contribution in [0.5, 0.6) is 0 Å². The summed E-state index contributed by atoms with van der Waals surface area (Å²) in [5.41, 5.74) is 0. The summed E-state index contributed by atoms with van der Waals surface area (Å²) in [6.45, 7) is -0.652. The van der Waals surface area contributed by atoms with Crippen LogP contribution in [-0.4, -0.2) is 46.3 Å². The molecule has 14 heavy (non-hydrogen) atoms. The summed E-state index contributed by atoms with van der Waals surface area (Å²) in [6, 6.07) is 0. The largest absolute Gasteiger partial charge is 0.477 e. The molecular formula is C7H13F2NO3S. The first kappa shape index (κ1) is 13.4. The average molecular weight is 229 g/mol. The molecule has 0 aromatic heterocycles. The predicted octanol–water partition coefficient (Wildman–Crippen LogP) is 0.0645. The number of nitrogens with one attached hydrogen (secondary N) is 1. The van der Waals surface area contributed by atoms with Crippen LogP contribution in [0.15, 0.2) is 0 Å². The lowest BCUT2D eigenvalue weighted by Crippen LogP contribution is -2.40. The number of halogens is 2. The highest BCUT2D eigenvalue weighted by Crippen LogP contribution is 2.11. The first-order valence-electron chi connectivity index (χ1n) is 3.98. The minimum Gasteiger partial charge on any atom is -0.477 e. The third kappa shape index (κ3) is 5.98. The molecule has 0 aromatic rings. The lowest BCUT2D eigenvalue weighted by atomic mass is 10.3. The molecule has 4 nitrogen and oxygen atoms in total. The maximum atomic E-state index is 12.4. The molecular weight excluding hydrogens is 216 g/mol. The van der Waals surface area contributed by atoms with Gasteiger partial charge in [-0.2, -0.15) is 8.78 Å². The smallest absolute Gasteiger partial charge is 0.375 e. The van der Waals surface area contributed by atoms with E-state index in [9.17, 15) is 17.8 Å². The zero-order valence-electron chi connectivity index (χ0n) is 7.76. The number of carboxylic acids is 1. The first-order valence-corrected chi connectivity index (χ1v) is 5.71. The quantitative estimate of drug-likeness (QED) is 0.606. The maximum absolute atomic E-state index is 12.4. The Bertz CT molecular complexity index is 223. The number of hydrogen-bond acceptors (Lipinski definition) is 3. The van der Waals surface area contributed by atoms with Crippen molar-refractivity contribution < 1.29 is 22.9 Å². The fourth-order valence-electron chi connectivity index (χ4n) is 0.721. The summed E-state index contributed by atoms with van der Waals surface area (Å²) in [6.07, 6.45) is 2.00. The summed E-state index contributed by atoms with van der Waals surface area (Å²) in [5.74, 6) is -5.44. The Balaban J connectivity index is 3.54. The van der Waals surface area contributed by atoms with E-state index in [2.05, 4.69) is 5.32 Å². The molecule has 0 aliphatic carbocycles. The van der Waals surface area contributed by atoms with Crippen molar-refractivity contribution in [3.8, 4) is 0 Å². The predicted molar refractivity (Wildman–Crippen MR) is 49.0 cm³/mol. The van der Waals surface area contributed by atoms with Crippen molar-refractivity contribution in [2.45, 2.75) is 12.3 Å². The van der Waals surface area contributed by atoms with Crippen LogP contribution in [0, 0.1) is 0 Å². The lowest BCUT2D eigenvalue weighted by molar-refractivity contribution is -0.163. The van der Waals surface area contributed by atoms with Crippen molar-refractivity contribution in [3.05, 3.63) is 0 Å². The second-order valence-electron chi connectivity index (χ2n) is 2.82. The molecule has 0 bridgehead atoms. The van der Waals surface area contributed by atoms with Crippen molar-refractivity contribution in [2.24, 2.45) is 0 Å². The molecule has 0 saturated heterocycles. The summed E-state index contributed by atoms with van der Waals surface area (Å²) in [7, 11) is -0.943. The van der Waals surface area contributed by atoms with Gasteiger partial charge in [-0.1, -0.05) is 0 Å². The Hall–Kier alpha value is -0.560. The Morgan fingerprint density at radius 2 is 2.14 bits per heavy atom. The second kappa shape index (κ2) is 6.02. The van der Waals surface area contributed by atoms with Gasteiger partial charge in [0.05, 0.1) is 6.54 Å². The van der Waals surface area contributed by atoms with Gasteiger partial charge in [-0.05, 0) is 13.0 Å². The minimum atomic E-state index is -3.73. The normalized spacial score (nSPS) is 13.9. The van der Waals surface area contributed by atoms with E-state index in [1.165, 1.54) is 6.26 Å². The van der Waals surface area contributed by atoms with Gasteiger partial charge >= 0.3 is 11.9 Å². The van der Waals surface area contributed by atoms with Crippen molar-refractivity contribution in [1.82, 2.24) is 5.32 Å². The maximum Gasteiger partial charge on any atom is 0.375 e. The monoisotopic (exact) mass is 229 g/mol. The minimum absolute atomic E-state index is 0.239. The van der Waals surface area contributed by atoms with Crippen LogP contribution in [0.25, 0.3) is 0 Å². The molecule has 1 atom stereocenters. The third-order valence-electron chi connectivity index (χ3n) is 1.45. The van der Waals surface area contributed by atoms with Gasteiger partial charge in [0, 0.05) is 22.8 Å². The number of carbonyl (C=O) groups is 1. The standard InChI is InChI=1S/C7H13F2NO3S/c1-14(13)4-2-3-10-5-7(8,9)6(11)12/h10H,2-5H2,1H3,(H,11,12). The number of rotatable bonds is 7. The molecule has 0 rings (SSSR count). The highest BCUT2D eigenvalue weighted by Gasteiger charge is 2.37. The molecule has 0 heterocycles. The molecule has 2 N–H and O–H groups in total. The molecule has 0 radical (unpaired) electrons. The molecule has 0 saturated carbocycles. The Kier molecular flexibility index (Phi) is 5.78. The van der Waals surface area contributed by atoms with Crippen LogP contribution in [-0.2, 0) is 15.6 Å². The fraction of sp³-hybridized carbons (Fsp3) is 0.857. The topological polar surface area (TPSA) is 66.4 Å². The van der Waals surface area contributed by atoms with Crippen molar-refractivity contribution in [2.75, 3.05) is 25.1 Å². The van der Waals surface area contributed by atoms with Gasteiger partial charge < -0.3 is 10.4 Å². The average Bonchev–Trinajstić information content (AvgIpc) is 2.02. The molecule has 84 valence electrons. The highest BCUT2D eigenvalue weighted by molar-refractivity contribution is 7.84. The lowest BCUT2D eigenvalue weighted by Gasteiger charge is -2.11. The Morgan fingerprint density at radius 1 is 1.57 bits per heavy atom. The third-order valence-corrected chi connectivity index (χ3v) is 2.31. The molecule has 0 aliphatic heterocycles. The van der Waals surface area contributed by atoms with Crippen LogP contribution < -0.4 is 5.32 Å². The van der Waals surface area contributed by atoms with E-state index in [1.54, 1.807) is 0 Å².